The molecule has 8 nitrogen and oxygen atoms in total. The fourth-order valence-corrected chi connectivity index (χ4v) is 3.82. The zero-order chi connectivity index (χ0) is 22.4. The number of benzene rings is 1. The summed E-state index contributed by atoms with van der Waals surface area (Å²) in [5.74, 6) is -0.356. The van der Waals surface area contributed by atoms with E-state index in [0.29, 0.717) is 11.3 Å². The summed E-state index contributed by atoms with van der Waals surface area (Å²) in [7, 11) is -2.75. The van der Waals surface area contributed by atoms with Crippen molar-refractivity contribution in [2.24, 2.45) is 5.41 Å². The van der Waals surface area contributed by atoms with Gasteiger partial charge in [0.05, 0.1) is 28.2 Å². The zero-order valence-corrected chi connectivity index (χ0v) is 18.2. The summed E-state index contributed by atoms with van der Waals surface area (Å²) in [6, 6.07) is 12.6. The van der Waals surface area contributed by atoms with Gasteiger partial charge in [-0.3, -0.25) is 14.9 Å². The van der Waals surface area contributed by atoms with Crippen molar-refractivity contribution >= 4 is 16.7 Å². The van der Waals surface area contributed by atoms with E-state index in [1.54, 1.807) is 50.5 Å². The predicted molar refractivity (Wildman–Crippen MR) is 116 cm³/mol. The molecule has 0 amide bonds. The van der Waals surface area contributed by atoms with Gasteiger partial charge in [0, 0.05) is 6.20 Å². The first-order chi connectivity index (χ1) is 14.8. The van der Waals surface area contributed by atoms with E-state index in [1.165, 1.54) is 0 Å². The van der Waals surface area contributed by atoms with Crippen molar-refractivity contribution in [2.75, 3.05) is 0 Å². The molecule has 1 aromatic carbocycles. The fraction of sp³-hybridized carbons (Fsp3) is 0.318. The van der Waals surface area contributed by atoms with Crippen LogP contribution in [0.15, 0.2) is 54.9 Å². The summed E-state index contributed by atoms with van der Waals surface area (Å²) in [5.41, 5.74) is 2.02. The third-order valence-corrected chi connectivity index (χ3v) is 6.20. The van der Waals surface area contributed by atoms with Gasteiger partial charge in [-0.1, -0.05) is 24.3 Å². The molecule has 0 aliphatic rings. The molecule has 0 saturated heterocycles. The number of nitrogens with zero attached hydrogens (tertiary/aromatic N) is 2. The quantitative estimate of drug-likeness (QED) is 0.409. The minimum Gasteiger partial charge on any atom is -0.487 e. The Morgan fingerprint density at radius 3 is 2.65 bits per heavy atom. The van der Waals surface area contributed by atoms with Crippen molar-refractivity contribution < 1.29 is 23.1 Å². The highest BCUT2D eigenvalue weighted by molar-refractivity contribution is 7.72. The van der Waals surface area contributed by atoms with Crippen LogP contribution in [-0.2, 0) is 22.1 Å². The van der Waals surface area contributed by atoms with Crippen LogP contribution in [0.1, 0.15) is 43.1 Å². The number of rotatable bonds is 10. The van der Waals surface area contributed by atoms with Crippen LogP contribution in [-0.4, -0.2) is 34.7 Å². The molecule has 2 N–H and O–H groups in total. The molecule has 0 bridgehead atoms. The largest absolute Gasteiger partial charge is 0.487 e. The number of aromatic nitrogens is 3. The Morgan fingerprint density at radius 1 is 1.23 bits per heavy atom. The second kappa shape index (κ2) is 9.74. The topological polar surface area (TPSA) is 122 Å². The van der Waals surface area contributed by atoms with Crippen LogP contribution in [0.25, 0.3) is 11.4 Å². The average Bonchev–Trinajstić information content (AvgIpc) is 3.27. The maximum Gasteiger partial charge on any atom is 0.309 e. The van der Waals surface area contributed by atoms with E-state index in [1.807, 2.05) is 18.2 Å². The van der Waals surface area contributed by atoms with Crippen molar-refractivity contribution in [1.82, 2.24) is 15.2 Å². The third kappa shape index (κ3) is 5.91. The fourth-order valence-electron chi connectivity index (χ4n) is 3.08. The van der Waals surface area contributed by atoms with E-state index in [4.69, 9.17) is 4.74 Å². The minimum atomic E-state index is -2.75. The summed E-state index contributed by atoms with van der Waals surface area (Å²) in [6.45, 7) is 3.45. The molecule has 3 rings (SSSR count). The SMILES string of the molecule is CC(C)(CCC(c1cccc(COc2ccc(-c3ccn[nH]3)nc2)c1)[SH](=O)=O)C(=O)O. The molecule has 1 atom stereocenters. The second-order valence-electron chi connectivity index (χ2n) is 7.91. The normalized spacial score (nSPS) is 12.6. The van der Waals surface area contributed by atoms with Gasteiger partial charge in [0.15, 0.2) is 0 Å². The first-order valence-electron chi connectivity index (χ1n) is 9.80. The summed E-state index contributed by atoms with van der Waals surface area (Å²) >= 11 is 0. The number of hydrogen-bond acceptors (Lipinski definition) is 6. The summed E-state index contributed by atoms with van der Waals surface area (Å²) < 4.78 is 29.5. The average molecular weight is 444 g/mol. The number of aromatic amines is 1. The zero-order valence-electron chi connectivity index (χ0n) is 17.3. The summed E-state index contributed by atoms with van der Waals surface area (Å²) in [5, 5.41) is 15.3. The van der Waals surface area contributed by atoms with Crippen molar-refractivity contribution in [1.29, 1.82) is 0 Å². The molecular weight excluding hydrogens is 418 g/mol. The smallest absolute Gasteiger partial charge is 0.309 e. The van der Waals surface area contributed by atoms with Crippen LogP contribution in [0.4, 0.5) is 0 Å². The predicted octanol–water partition coefficient (Wildman–Crippen LogP) is 3.59. The monoisotopic (exact) mass is 443 g/mol. The molecule has 2 aromatic heterocycles. The van der Waals surface area contributed by atoms with Crippen LogP contribution in [0, 0.1) is 5.41 Å². The number of carboxylic acid groups (broad SMARTS) is 1. The maximum atomic E-state index is 11.8. The Labute approximate surface area is 182 Å². The molecule has 1 unspecified atom stereocenters. The molecule has 0 aliphatic heterocycles. The lowest BCUT2D eigenvalue weighted by Gasteiger charge is -2.21. The Hall–Kier alpha value is -3.20. The van der Waals surface area contributed by atoms with Gasteiger partial charge in [-0.15, -0.1) is 0 Å². The number of H-pyrrole nitrogens is 1. The number of nitrogens with one attached hydrogen (secondary N) is 1. The number of aliphatic carboxylic acids is 1. The van der Waals surface area contributed by atoms with E-state index < -0.39 is 27.3 Å². The Kier molecular flexibility index (Phi) is 7.06. The van der Waals surface area contributed by atoms with Crippen LogP contribution in [0.2, 0.25) is 0 Å². The van der Waals surface area contributed by atoms with Crippen molar-refractivity contribution in [3.63, 3.8) is 0 Å². The van der Waals surface area contributed by atoms with Crippen molar-refractivity contribution in [2.45, 2.75) is 38.5 Å². The number of carbonyl (C=O) groups is 1. The van der Waals surface area contributed by atoms with Gasteiger partial charge in [0.1, 0.15) is 23.1 Å². The maximum absolute atomic E-state index is 11.8. The summed E-state index contributed by atoms with van der Waals surface area (Å²) in [6.07, 6.45) is 3.76. The van der Waals surface area contributed by atoms with Gasteiger partial charge >= 0.3 is 5.97 Å². The van der Waals surface area contributed by atoms with Gasteiger partial charge in [0.2, 0.25) is 0 Å². The van der Waals surface area contributed by atoms with Crippen LogP contribution in [0.3, 0.4) is 0 Å². The molecule has 0 saturated carbocycles. The van der Waals surface area contributed by atoms with Crippen LogP contribution >= 0.6 is 0 Å². The van der Waals surface area contributed by atoms with Gasteiger partial charge in [-0.2, -0.15) is 5.10 Å². The molecule has 31 heavy (non-hydrogen) atoms. The van der Waals surface area contributed by atoms with Gasteiger partial charge in [0.25, 0.3) is 0 Å². The molecule has 9 heteroatoms. The highest BCUT2D eigenvalue weighted by atomic mass is 32.2. The molecular formula is C22H25N3O5S. The van der Waals surface area contributed by atoms with Crippen LogP contribution in [0.5, 0.6) is 5.75 Å². The molecule has 164 valence electrons. The lowest BCUT2D eigenvalue weighted by molar-refractivity contribution is -0.147. The minimum absolute atomic E-state index is 0.237. The van der Waals surface area contributed by atoms with Gasteiger partial charge in [-0.05, 0) is 56.0 Å². The lowest BCUT2D eigenvalue weighted by atomic mass is 9.86. The molecule has 0 spiro atoms. The van der Waals surface area contributed by atoms with Crippen molar-refractivity contribution in [3.05, 3.63) is 66.0 Å². The van der Waals surface area contributed by atoms with Gasteiger partial charge < -0.3 is 9.84 Å². The van der Waals surface area contributed by atoms with Crippen molar-refractivity contribution in [3.8, 4) is 17.1 Å². The number of pyridine rings is 1. The number of hydrogen-bond donors (Lipinski definition) is 3. The van der Waals surface area contributed by atoms with Crippen LogP contribution < -0.4 is 4.74 Å². The highest BCUT2D eigenvalue weighted by Crippen LogP contribution is 2.31. The molecule has 2 heterocycles. The van der Waals surface area contributed by atoms with E-state index in [-0.39, 0.29) is 19.4 Å². The Balaban J connectivity index is 1.66. The Morgan fingerprint density at radius 2 is 2.03 bits per heavy atom. The van der Waals surface area contributed by atoms with Gasteiger partial charge in [-0.25, -0.2) is 8.42 Å². The lowest BCUT2D eigenvalue weighted by Crippen LogP contribution is -2.24. The highest BCUT2D eigenvalue weighted by Gasteiger charge is 2.29. The molecule has 0 fully saturated rings. The van der Waals surface area contributed by atoms with E-state index in [2.05, 4.69) is 15.2 Å². The molecule has 0 radical (unpaired) electrons. The number of thiol groups is 1. The number of ether oxygens (including phenoxy) is 1. The second-order valence-corrected chi connectivity index (χ2v) is 9.11. The first kappa shape index (κ1) is 22.5. The molecule has 0 aliphatic carbocycles. The third-order valence-electron chi connectivity index (χ3n) is 5.13. The first-order valence-corrected chi connectivity index (χ1v) is 11.1. The molecule has 3 aromatic rings. The number of carboxylic acids is 1. The van der Waals surface area contributed by atoms with E-state index in [9.17, 15) is 18.3 Å². The summed E-state index contributed by atoms with van der Waals surface area (Å²) in [4.78, 5) is 15.7. The van der Waals surface area contributed by atoms with E-state index >= 15 is 0 Å². The van der Waals surface area contributed by atoms with E-state index in [0.717, 1.165) is 17.0 Å². The Bertz CT molecular complexity index is 1080. The standard InChI is InChI=1S/C22H25N3O5S/c1-22(2,21(26)27)10-8-20(31(28)29)16-5-3-4-15(12-16)14-30-17-6-7-18(23-13-17)19-9-11-24-25-19/h3-7,9,11-13,20,31H,8,10,14H2,1-2H3,(H,24,25)(H,26,27).